The van der Waals surface area contributed by atoms with Crippen molar-refractivity contribution < 1.29 is 14.3 Å². The number of amidine groups is 1. The number of aromatic nitrogens is 2. The van der Waals surface area contributed by atoms with Crippen LogP contribution in [-0.4, -0.2) is 45.9 Å². The minimum absolute atomic E-state index is 0.233. The van der Waals surface area contributed by atoms with Gasteiger partial charge in [-0.05, 0) is 84.4 Å². The van der Waals surface area contributed by atoms with Crippen LogP contribution in [0.2, 0.25) is 0 Å². The Kier molecular flexibility index (Phi) is 7.70. The third-order valence-corrected chi connectivity index (χ3v) is 7.33. The van der Waals surface area contributed by atoms with Crippen LogP contribution in [-0.2, 0) is 11.8 Å². The van der Waals surface area contributed by atoms with Crippen LogP contribution in [0.4, 0.5) is 5.69 Å². The van der Waals surface area contributed by atoms with Gasteiger partial charge < -0.3 is 9.47 Å². The Balaban J connectivity index is 1.57. The SMILES string of the molecule is COc1ccc(/C=N/N2C(=O)/C(=C\c3ccc(OC)cc3)SC2=Nc2c(C)n(C)n(-c3ccccc3)c2=O)cc1. The molecule has 1 fully saturated rings. The summed E-state index contributed by atoms with van der Waals surface area (Å²) < 4.78 is 13.8. The Labute approximate surface area is 235 Å². The number of aliphatic imine (C=N–C) groups is 1. The van der Waals surface area contributed by atoms with E-state index in [1.165, 1.54) is 5.01 Å². The zero-order chi connectivity index (χ0) is 28.2. The number of benzene rings is 3. The van der Waals surface area contributed by atoms with E-state index >= 15 is 0 Å². The smallest absolute Gasteiger partial charge is 0.297 e. The zero-order valence-electron chi connectivity index (χ0n) is 22.4. The van der Waals surface area contributed by atoms with Crippen LogP contribution in [0.15, 0.2) is 98.7 Å². The van der Waals surface area contributed by atoms with Gasteiger partial charge in [0.05, 0.1) is 36.7 Å². The highest BCUT2D eigenvalue weighted by Gasteiger charge is 2.34. The quantitative estimate of drug-likeness (QED) is 0.234. The molecule has 1 aromatic heterocycles. The molecule has 4 aromatic rings. The number of hydrogen-bond acceptors (Lipinski definition) is 7. The van der Waals surface area contributed by atoms with Crippen molar-refractivity contribution in [3.63, 3.8) is 0 Å². The Morgan fingerprint density at radius 3 is 2.02 bits per heavy atom. The molecule has 0 radical (unpaired) electrons. The maximum Gasteiger partial charge on any atom is 0.297 e. The molecular formula is C30H27N5O4S. The first-order chi connectivity index (χ1) is 19.4. The molecule has 0 spiro atoms. The van der Waals surface area contributed by atoms with Crippen LogP contribution < -0.4 is 15.0 Å². The van der Waals surface area contributed by atoms with Crippen molar-refractivity contribution in [2.75, 3.05) is 14.2 Å². The van der Waals surface area contributed by atoms with Gasteiger partial charge in [0.15, 0.2) is 10.9 Å². The van der Waals surface area contributed by atoms with Crippen molar-refractivity contribution in [3.8, 4) is 17.2 Å². The van der Waals surface area contributed by atoms with Crippen molar-refractivity contribution in [1.29, 1.82) is 0 Å². The molecular weight excluding hydrogens is 526 g/mol. The Morgan fingerprint density at radius 2 is 1.43 bits per heavy atom. The molecule has 1 amide bonds. The number of amides is 1. The number of nitrogens with zero attached hydrogens (tertiary/aromatic N) is 5. The number of para-hydroxylation sites is 1. The molecule has 5 rings (SSSR count). The van der Waals surface area contributed by atoms with Crippen LogP contribution >= 0.6 is 11.8 Å². The molecule has 9 nitrogen and oxygen atoms in total. The fourth-order valence-corrected chi connectivity index (χ4v) is 5.00. The van der Waals surface area contributed by atoms with Gasteiger partial charge in [-0.2, -0.15) is 10.1 Å². The highest BCUT2D eigenvalue weighted by Crippen LogP contribution is 2.35. The molecule has 0 N–H and O–H groups in total. The first kappa shape index (κ1) is 26.8. The van der Waals surface area contributed by atoms with Crippen LogP contribution in [0, 0.1) is 6.92 Å². The highest BCUT2D eigenvalue weighted by molar-refractivity contribution is 8.18. The van der Waals surface area contributed by atoms with Gasteiger partial charge in [-0.3, -0.25) is 14.3 Å². The molecule has 10 heteroatoms. The van der Waals surface area contributed by atoms with Crippen molar-refractivity contribution >= 4 is 40.8 Å². The molecule has 2 heterocycles. The molecule has 1 aliphatic rings. The molecule has 40 heavy (non-hydrogen) atoms. The van der Waals surface area contributed by atoms with Gasteiger partial charge in [-0.25, -0.2) is 9.67 Å². The van der Waals surface area contributed by atoms with Crippen LogP contribution in [0.1, 0.15) is 16.8 Å². The van der Waals surface area contributed by atoms with Crippen LogP contribution in [0.5, 0.6) is 11.5 Å². The Morgan fingerprint density at radius 1 is 0.825 bits per heavy atom. The summed E-state index contributed by atoms with van der Waals surface area (Å²) in [6, 6.07) is 24.0. The van der Waals surface area contributed by atoms with Crippen molar-refractivity contribution in [2.45, 2.75) is 6.92 Å². The van der Waals surface area contributed by atoms with E-state index in [1.807, 2.05) is 85.8 Å². The number of ether oxygens (including phenoxy) is 2. The molecule has 0 aliphatic carbocycles. The second kappa shape index (κ2) is 11.5. The number of carbonyl (C=O) groups excluding carboxylic acids is 1. The van der Waals surface area contributed by atoms with Crippen molar-refractivity contribution in [3.05, 3.63) is 111 Å². The molecule has 1 aliphatic heterocycles. The number of methoxy groups -OCH3 is 2. The number of rotatable bonds is 7. The average Bonchev–Trinajstić information content (AvgIpc) is 3.39. The molecule has 0 unspecified atom stereocenters. The summed E-state index contributed by atoms with van der Waals surface area (Å²) in [6.45, 7) is 1.82. The predicted octanol–water partition coefficient (Wildman–Crippen LogP) is 5.14. The Bertz CT molecular complexity index is 1690. The lowest BCUT2D eigenvalue weighted by Crippen LogP contribution is -2.24. The normalized spacial score (nSPS) is 15.5. The van der Waals surface area contributed by atoms with Crippen molar-refractivity contribution in [2.24, 2.45) is 17.1 Å². The standard InChI is InChI=1S/C30H27N5O4S/c1-20-27(29(37)35(33(20)2)23-8-6-5-7-9-23)32-30-34(31-19-22-12-16-25(39-4)17-13-22)28(36)26(40-30)18-21-10-14-24(38-3)15-11-21/h5-19H,1-4H3/b26-18+,31-19+,32-30?. The lowest BCUT2D eigenvalue weighted by molar-refractivity contribution is -0.122. The monoisotopic (exact) mass is 553 g/mol. The number of hydrogen-bond donors (Lipinski definition) is 0. The van der Waals surface area contributed by atoms with Gasteiger partial charge in [-0.1, -0.05) is 30.3 Å². The first-order valence-corrected chi connectivity index (χ1v) is 13.2. The summed E-state index contributed by atoms with van der Waals surface area (Å²) in [5, 5.41) is 5.97. The number of hydrazone groups is 1. The van der Waals surface area contributed by atoms with Gasteiger partial charge in [-0.15, -0.1) is 0 Å². The minimum atomic E-state index is -0.346. The fourth-order valence-electron chi connectivity index (χ4n) is 4.08. The summed E-state index contributed by atoms with van der Waals surface area (Å²) in [5.74, 6) is 1.09. The molecule has 0 bridgehead atoms. The van der Waals surface area contributed by atoms with Gasteiger partial charge >= 0.3 is 0 Å². The van der Waals surface area contributed by atoms with Crippen LogP contribution in [0.25, 0.3) is 11.8 Å². The van der Waals surface area contributed by atoms with Gasteiger partial charge in [0.25, 0.3) is 11.5 Å². The summed E-state index contributed by atoms with van der Waals surface area (Å²) in [6.07, 6.45) is 3.34. The lowest BCUT2D eigenvalue weighted by atomic mass is 10.2. The molecule has 0 atom stereocenters. The van der Waals surface area contributed by atoms with Gasteiger partial charge in [0.1, 0.15) is 11.5 Å². The minimum Gasteiger partial charge on any atom is -0.497 e. The van der Waals surface area contributed by atoms with Gasteiger partial charge in [0.2, 0.25) is 0 Å². The topological polar surface area (TPSA) is 90.4 Å². The van der Waals surface area contributed by atoms with Crippen molar-refractivity contribution in [1.82, 2.24) is 14.4 Å². The van der Waals surface area contributed by atoms with Crippen LogP contribution in [0.3, 0.4) is 0 Å². The molecule has 3 aromatic carbocycles. The zero-order valence-corrected chi connectivity index (χ0v) is 23.3. The number of carbonyl (C=O) groups is 1. The molecule has 0 saturated carbocycles. The summed E-state index contributed by atoms with van der Waals surface area (Å²) in [4.78, 5) is 32.1. The second-order valence-electron chi connectivity index (χ2n) is 8.82. The third-order valence-electron chi connectivity index (χ3n) is 6.37. The lowest BCUT2D eigenvalue weighted by Gasteiger charge is -2.08. The fraction of sp³-hybridized carbons (Fsp3) is 0.133. The Hall–Kier alpha value is -4.83. The summed E-state index contributed by atoms with van der Waals surface area (Å²) in [7, 11) is 5.00. The maximum atomic E-state index is 13.5. The van der Waals surface area contributed by atoms with Gasteiger partial charge in [0, 0.05) is 7.05 Å². The van der Waals surface area contributed by atoms with E-state index in [0.29, 0.717) is 22.0 Å². The van der Waals surface area contributed by atoms with E-state index in [9.17, 15) is 9.59 Å². The van der Waals surface area contributed by atoms with E-state index in [1.54, 1.807) is 42.9 Å². The molecule has 1 saturated heterocycles. The predicted molar refractivity (Wildman–Crippen MR) is 159 cm³/mol. The summed E-state index contributed by atoms with van der Waals surface area (Å²) in [5.41, 5.74) is 2.90. The van der Waals surface area contributed by atoms with E-state index in [0.717, 1.165) is 28.6 Å². The second-order valence-corrected chi connectivity index (χ2v) is 9.83. The summed E-state index contributed by atoms with van der Waals surface area (Å²) >= 11 is 1.16. The third kappa shape index (κ3) is 5.34. The first-order valence-electron chi connectivity index (χ1n) is 12.4. The average molecular weight is 554 g/mol. The maximum absolute atomic E-state index is 13.5. The van der Waals surface area contributed by atoms with E-state index in [2.05, 4.69) is 5.10 Å². The van der Waals surface area contributed by atoms with E-state index in [-0.39, 0.29) is 22.3 Å². The highest BCUT2D eigenvalue weighted by atomic mass is 32.2. The number of thioether (sulfide) groups is 1. The molecule has 202 valence electrons. The van der Waals surface area contributed by atoms with E-state index < -0.39 is 0 Å². The van der Waals surface area contributed by atoms with E-state index in [4.69, 9.17) is 14.5 Å². The largest absolute Gasteiger partial charge is 0.497 e.